The Hall–Kier alpha value is -2.52. The van der Waals surface area contributed by atoms with Gasteiger partial charge < -0.3 is 24.8 Å². The number of aromatic nitrogens is 1. The maximum absolute atomic E-state index is 12.9. The number of aliphatic hydroxyl groups excluding tert-OH is 1. The van der Waals surface area contributed by atoms with E-state index in [0.29, 0.717) is 44.5 Å². The fourth-order valence-corrected chi connectivity index (χ4v) is 8.40. The molecule has 0 fully saturated rings. The highest BCUT2D eigenvalue weighted by atomic mass is 16.5. The van der Waals surface area contributed by atoms with Crippen LogP contribution in [-0.2, 0) is 19.1 Å². The summed E-state index contributed by atoms with van der Waals surface area (Å²) in [6, 6.07) is 3.42. The van der Waals surface area contributed by atoms with Gasteiger partial charge in [-0.05, 0) is 102 Å². The van der Waals surface area contributed by atoms with Crippen molar-refractivity contribution in [2.75, 3.05) is 32.8 Å². The Labute approximate surface area is 387 Å². The highest BCUT2D eigenvalue weighted by Crippen LogP contribution is 2.19. The van der Waals surface area contributed by atoms with E-state index in [1.165, 1.54) is 109 Å². The predicted molar refractivity (Wildman–Crippen MR) is 263 cm³/mol. The number of amides is 1. The molecule has 366 valence electrons. The Morgan fingerprint density at radius 2 is 1.00 bits per heavy atom. The van der Waals surface area contributed by atoms with Crippen LogP contribution in [0.1, 0.15) is 262 Å². The van der Waals surface area contributed by atoms with Crippen molar-refractivity contribution in [3.05, 3.63) is 30.1 Å². The Morgan fingerprint density at radius 1 is 0.556 bits per heavy atom. The molecule has 0 saturated heterocycles. The number of unbranched alkanes of at least 4 members (excludes halogenated alkanes) is 25. The summed E-state index contributed by atoms with van der Waals surface area (Å²) in [6.07, 6.45) is 42.7. The third kappa shape index (κ3) is 38.5. The Morgan fingerprint density at radius 3 is 1.56 bits per heavy atom. The predicted octanol–water partition coefficient (Wildman–Crippen LogP) is 14.0. The van der Waals surface area contributed by atoms with Crippen LogP contribution < -0.4 is 5.32 Å². The number of rotatable bonds is 47. The van der Waals surface area contributed by atoms with Crippen molar-refractivity contribution < 1.29 is 29.0 Å². The second kappa shape index (κ2) is 44.7. The van der Waals surface area contributed by atoms with Gasteiger partial charge in [0.1, 0.15) is 6.10 Å². The van der Waals surface area contributed by atoms with Crippen molar-refractivity contribution in [3.63, 3.8) is 0 Å². The van der Waals surface area contributed by atoms with Gasteiger partial charge in [-0.1, -0.05) is 162 Å². The van der Waals surface area contributed by atoms with Crippen molar-refractivity contribution in [2.24, 2.45) is 0 Å². The Bertz CT molecular complexity index is 1150. The molecule has 0 radical (unpaired) electrons. The van der Waals surface area contributed by atoms with Crippen molar-refractivity contribution in [1.82, 2.24) is 15.2 Å². The largest absolute Gasteiger partial charge is 0.466 e. The van der Waals surface area contributed by atoms with Gasteiger partial charge in [0.2, 0.25) is 0 Å². The van der Waals surface area contributed by atoms with E-state index in [9.17, 15) is 19.5 Å². The number of hydrogen-bond donors (Lipinski definition) is 2. The van der Waals surface area contributed by atoms with Crippen LogP contribution in [0.25, 0.3) is 0 Å². The molecule has 0 aliphatic carbocycles. The quantitative estimate of drug-likeness (QED) is 0.0491. The van der Waals surface area contributed by atoms with Gasteiger partial charge in [0, 0.05) is 43.9 Å². The molecule has 1 heterocycles. The van der Waals surface area contributed by atoms with Crippen LogP contribution in [0.3, 0.4) is 0 Å². The maximum atomic E-state index is 12.9. The van der Waals surface area contributed by atoms with Crippen LogP contribution >= 0.6 is 0 Å². The molecule has 9 nitrogen and oxygen atoms in total. The van der Waals surface area contributed by atoms with E-state index in [1.807, 2.05) is 0 Å². The van der Waals surface area contributed by atoms with Crippen LogP contribution in [0.15, 0.2) is 24.5 Å². The molecule has 1 aromatic rings. The van der Waals surface area contributed by atoms with Crippen molar-refractivity contribution in [1.29, 1.82) is 0 Å². The third-order valence-corrected chi connectivity index (χ3v) is 12.4. The monoisotopic (exact) mass is 886 g/mol. The zero-order valence-corrected chi connectivity index (χ0v) is 41.3. The molecule has 0 aromatic carbocycles. The average Bonchev–Trinajstić information content (AvgIpc) is 3.28. The molecule has 63 heavy (non-hydrogen) atoms. The molecule has 0 aliphatic rings. The molecular formula is C54H99N3O6. The molecule has 1 amide bonds. The highest BCUT2D eigenvalue weighted by Gasteiger charge is 2.15. The van der Waals surface area contributed by atoms with E-state index >= 15 is 0 Å². The minimum Gasteiger partial charge on any atom is -0.466 e. The van der Waals surface area contributed by atoms with E-state index in [4.69, 9.17) is 9.47 Å². The minimum atomic E-state index is -0.422. The van der Waals surface area contributed by atoms with E-state index in [2.05, 4.69) is 36.0 Å². The van der Waals surface area contributed by atoms with Crippen molar-refractivity contribution >= 4 is 17.8 Å². The number of hydrogen-bond acceptors (Lipinski definition) is 8. The van der Waals surface area contributed by atoms with Gasteiger partial charge in [-0.25, -0.2) is 0 Å². The zero-order valence-electron chi connectivity index (χ0n) is 41.3. The summed E-state index contributed by atoms with van der Waals surface area (Å²) >= 11 is 0. The lowest BCUT2D eigenvalue weighted by atomic mass is 10.0. The zero-order chi connectivity index (χ0) is 45.7. The number of nitrogens with zero attached hydrogens (tertiary/aromatic N) is 2. The van der Waals surface area contributed by atoms with Crippen molar-refractivity contribution in [2.45, 2.75) is 264 Å². The lowest BCUT2D eigenvalue weighted by Crippen LogP contribution is -2.34. The van der Waals surface area contributed by atoms with E-state index < -0.39 is 6.10 Å². The first-order valence-electron chi connectivity index (χ1n) is 26.8. The smallest absolute Gasteiger partial charge is 0.306 e. The molecule has 1 aromatic heterocycles. The average molecular weight is 886 g/mol. The Balaban J connectivity index is 2.41. The third-order valence-electron chi connectivity index (χ3n) is 12.4. The van der Waals surface area contributed by atoms with Crippen LogP contribution in [0.2, 0.25) is 0 Å². The molecule has 0 bridgehead atoms. The lowest BCUT2D eigenvalue weighted by molar-refractivity contribution is -0.150. The molecule has 0 saturated carbocycles. The van der Waals surface area contributed by atoms with Crippen LogP contribution in [0.5, 0.6) is 0 Å². The molecular weight excluding hydrogens is 787 g/mol. The molecule has 1 rings (SSSR count). The molecule has 2 N–H and O–H groups in total. The SMILES string of the molecule is CCCCCCCCCCCOC(=O)CCCCCN(CCCCCCCC(=O)OC(CCCCCCCC)CCCCCCCC)CC(O)CCCCNC(=O)c1ccncc1. The summed E-state index contributed by atoms with van der Waals surface area (Å²) in [5.74, 6) is -0.184. The first-order valence-corrected chi connectivity index (χ1v) is 26.8. The van der Waals surface area contributed by atoms with E-state index in [0.717, 1.165) is 116 Å². The van der Waals surface area contributed by atoms with Crippen LogP contribution in [-0.4, -0.2) is 77.8 Å². The van der Waals surface area contributed by atoms with Gasteiger partial charge in [-0.2, -0.15) is 0 Å². The van der Waals surface area contributed by atoms with Gasteiger partial charge in [-0.15, -0.1) is 0 Å². The summed E-state index contributed by atoms with van der Waals surface area (Å²) in [5.41, 5.74) is 0.607. The van der Waals surface area contributed by atoms with E-state index in [1.54, 1.807) is 24.5 Å². The molecule has 9 heteroatoms. The first kappa shape index (κ1) is 58.5. The molecule has 1 atom stereocenters. The van der Waals surface area contributed by atoms with E-state index in [-0.39, 0.29) is 23.9 Å². The number of aliphatic hydroxyl groups is 1. The summed E-state index contributed by atoms with van der Waals surface area (Å²) in [4.78, 5) is 43.9. The van der Waals surface area contributed by atoms with Gasteiger partial charge in [-0.3, -0.25) is 19.4 Å². The molecule has 1 unspecified atom stereocenters. The second-order valence-electron chi connectivity index (χ2n) is 18.5. The molecule has 0 aliphatic heterocycles. The van der Waals surface area contributed by atoms with Gasteiger partial charge in [0.15, 0.2) is 0 Å². The standard InChI is InChI=1S/C54H99N3O6/c1-4-7-10-13-16-17-18-24-34-47-62-52(59)38-29-25-33-46-57(48-50(58)35-30-31-42-56-54(61)49-40-43-55-44-41-49)45-32-23-19-22-28-39-53(60)63-51(36-26-20-14-11-8-5-2)37-27-21-15-12-9-6-3/h40-41,43-44,50-51,58H,4-39,42,45-48H2,1-3H3,(H,56,61). The fourth-order valence-electron chi connectivity index (χ4n) is 8.40. The van der Waals surface area contributed by atoms with Crippen molar-refractivity contribution in [3.8, 4) is 0 Å². The highest BCUT2D eigenvalue weighted by molar-refractivity contribution is 5.93. The number of carbonyl (C=O) groups excluding carboxylic acids is 3. The number of pyridine rings is 1. The van der Waals surface area contributed by atoms with Gasteiger partial charge in [0.05, 0.1) is 12.7 Å². The summed E-state index contributed by atoms with van der Waals surface area (Å²) in [6.45, 7) is 10.3. The number of esters is 2. The minimum absolute atomic E-state index is 0.0136. The number of nitrogens with one attached hydrogen (secondary N) is 1. The normalized spacial score (nSPS) is 12.0. The van der Waals surface area contributed by atoms with Gasteiger partial charge in [0.25, 0.3) is 5.91 Å². The Kier molecular flexibility index (Phi) is 41.5. The summed E-state index contributed by atoms with van der Waals surface area (Å²) in [7, 11) is 0. The molecule has 0 spiro atoms. The van der Waals surface area contributed by atoms with Gasteiger partial charge >= 0.3 is 11.9 Å². The number of carbonyl (C=O) groups is 3. The number of ether oxygens (including phenoxy) is 2. The summed E-state index contributed by atoms with van der Waals surface area (Å²) < 4.78 is 11.6. The van der Waals surface area contributed by atoms with Crippen LogP contribution in [0, 0.1) is 0 Å². The summed E-state index contributed by atoms with van der Waals surface area (Å²) in [5, 5.41) is 14.0. The fraction of sp³-hybridized carbons (Fsp3) is 0.852. The first-order chi connectivity index (χ1) is 30.9. The topological polar surface area (TPSA) is 118 Å². The maximum Gasteiger partial charge on any atom is 0.306 e. The van der Waals surface area contributed by atoms with Crippen LogP contribution in [0.4, 0.5) is 0 Å². The second-order valence-corrected chi connectivity index (χ2v) is 18.5. The lowest BCUT2D eigenvalue weighted by Gasteiger charge is -2.25.